The van der Waals surface area contributed by atoms with E-state index in [1.54, 1.807) is 19.2 Å². The fourth-order valence-electron chi connectivity index (χ4n) is 2.58. The molecule has 0 aliphatic carbocycles. The fraction of sp³-hybridized carbons (Fsp3) is 0.615. The van der Waals surface area contributed by atoms with E-state index >= 15 is 0 Å². The molecule has 0 aromatic carbocycles. The number of nitrogens with one attached hydrogen (secondary N) is 1. The van der Waals surface area contributed by atoms with Gasteiger partial charge in [-0.2, -0.15) is 0 Å². The number of hydrogen-bond donors (Lipinski definition) is 1. The molecule has 1 atom stereocenters. The number of pyridine rings is 1. The lowest BCUT2D eigenvalue weighted by atomic mass is 10.1. The Kier molecular flexibility index (Phi) is 4.31. The zero-order valence-corrected chi connectivity index (χ0v) is 11.4. The minimum Gasteiger partial charge on any atom is -0.351 e. The summed E-state index contributed by atoms with van der Waals surface area (Å²) in [6.07, 6.45) is 4.76. The van der Waals surface area contributed by atoms with Crippen molar-refractivity contribution >= 4 is 11.5 Å². The third-order valence-corrected chi connectivity index (χ3v) is 3.72. The summed E-state index contributed by atoms with van der Waals surface area (Å²) < 4.78 is 0. The summed E-state index contributed by atoms with van der Waals surface area (Å²) in [4.78, 5) is 17.1. The number of anilines is 1. The van der Waals surface area contributed by atoms with Gasteiger partial charge < -0.3 is 10.2 Å². The summed E-state index contributed by atoms with van der Waals surface area (Å²) in [6.45, 7) is 3.73. The smallest absolute Gasteiger partial charge is 0.314 e. The summed E-state index contributed by atoms with van der Waals surface area (Å²) in [5, 5.41) is 14.6. The maximum Gasteiger partial charge on any atom is 0.314 e. The molecule has 6 heteroatoms. The van der Waals surface area contributed by atoms with Gasteiger partial charge in [0, 0.05) is 24.8 Å². The first-order valence-electron chi connectivity index (χ1n) is 6.65. The molecule has 1 N–H and O–H groups in total. The highest BCUT2D eigenvalue weighted by Gasteiger charge is 2.26. The van der Waals surface area contributed by atoms with Crippen LogP contribution in [-0.2, 0) is 0 Å². The van der Waals surface area contributed by atoms with Gasteiger partial charge in [-0.05, 0) is 45.3 Å². The van der Waals surface area contributed by atoms with Crippen molar-refractivity contribution in [3.63, 3.8) is 0 Å². The Hall–Kier alpha value is -1.69. The molecule has 1 aliphatic heterocycles. The average molecular weight is 264 g/mol. The van der Waals surface area contributed by atoms with Gasteiger partial charge in [-0.25, -0.2) is 4.98 Å². The van der Waals surface area contributed by atoms with E-state index in [0.29, 0.717) is 17.4 Å². The zero-order chi connectivity index (χ0) is 13.8. The summed E-state index contributed by atoms with van der Waals surface area (Å²) in [5.41, 5.74) is 0.788. The molecule has 1 saturated heterocycles. The highest BCUT2D eigenvalue weighted by molar-refractivity contribution is 5.61. The molecular formula is C13H20N4O2. The lowest BCUT2D eigenvalue weighted by Gasteiger charge is -2.27. The van der Waals surface area contributed by atoms with Crippen LogP contribution in [0.3, 0.4) is 0 Å². The minimum absolute atomic E-state index is 0.127. The first kappa shape index (κ1) is 13.7. The van der Waals surface area contributed by atoms with Crippen molar-refractivity contribution in [2.75, 3.05) is 25.0 Å². The average Bonchev–Trinajstić information content (AvgIpc) is 2.66. The van der Waals surface area contributed by atoms with Gasteiger partial charge in [0.05, 0.1) is 4.92 Å². The number of nitrogens with zero attached hydrogens (tertiary/aromatic N) is 3. The van der Waals surface area contributed by atoms with Gasteiger partial charge in [0.25, 0.3) is 0 Å². The standard InChI is InChI=1S/C13H20N4O2/c1-10-5-9-15-13(12(10)17(18)19)16(2)11-4-3-7-14-8-6-11/h5,9,11,14H,3-4,6-8H2,1-2H3. The Morgan fingerprint density at radius 3 is 3.00 bits per heavy atom. The molecule has 0 radical (unpaired) electrons. The number of hydrogen-bond acceptors (Lipinski definition) is 5. The van der Waals surface area contributed by atoms with E-state index in [1.807, 2.05) is 11.9 Å². The Bertz CT molecular complexity index is 456. The van der Waals surface area contributed by atoms with Crippen LogP contribution < -0.4 is 10.2 Å². The molecule has 1 aromatic rings. The summed E-state index contributed by atoms with van der Waals surface area (Å²) in [5.74, 6) is 0.483. The molecule has 104 valence electrons. The van der Waals surface area contributed by atoms with Crippen molar-refractivity contribution in [2.45, 2.75) is 32.2 Å². The highest BCUT2D eigenvalue weighted by Crippen LogP contribution is 2.30. The fourth-order valence-corrected chi connectivity index (χ4v) is 2.58. The van der Waals surface area contributed by atoms with Crippen molar-refractivity contribution in [2.24, 2.45) is 0 Å². The second-order valence-corrected chi connectivity index (χ2v) is 5.00. The van der Waals surface area contributed by atoms with Crippen molar-refractivity contribution < 1.29 is 4.92 Å². The van der Waals surface area contributed by atoms with Crippen LogP contribution in [0.25, 0.3) is 0 Å². The predicted molar refractivity (Wildman–Crippen MR) is 74.5 cm³/mol. The van der Waals surface area contributed by atoms with Crippen LogP contribution in [0.2, 0.25) is 0 Å². The monoisotopic (exact) mass is 264 g/mol. The van der Waals surface area contributed by atoms with Crippen LogP contribution >= 0.6 is 0 Å². The third kappa shape index (κ3) is 3.01. The van der Waals surface area contributed by atoms with E-state index in [0.717, 1.165) is 32.4 Å². The maximum atomic E-state index is 11.2. The second kappa shape index (κ2) is 5.97. The topological polar surface area (TPSA) is 71.3 Å². The number of rotatable bonds is 3. The van der Waals surface area contributed by atoms with Gasteiger partial charge in [0.1, 0.15) is 0 Å². The van der Waals surface area contributed by atoms with Crippen LogP contribution in [0.1, 0.15) is 24.8 Å². The van der Waals surface area contributed by atoms with Gasteiger partial charge >= 0.3 is 5.69 Å². The van der Waals surface area contributed by atoms with E-state index < -0.39 is 0 Å². The van der Waals surface area contributed by atoms with Gasteiger partial charge in [-0.3, -0.25) is 10.1 Å². The van der Waals surface area contributed by atoms with E-state index in [1.165, 1.54) is 0 Å². The lowest BCUT2D eigenvalue weighted by Crippen LogP contribution is -2.33. The highest BCUT2D eigenvalue weighted by atomic mass is 16.6. The SMILES string of the molecule is Cc1ccnc(N(C)C2CCCNCC2)c1[N+](=O)[O-]. The number of nitro groups is 1. The van der Waals surface area contributed by atoms with Crippen molar-refractivity contribution in [3.8, 4) is 0 Å². The van der Waals surface area contributed by atoms with E-state index in [2.05, 4.69) is 10.3 Å². The lowest BCUT2D eigenvalue weighted by molar-refractivity contribution is -0.384. The Morgan fingerprint density at radius 1 is 1.47 bits per heavy atom. The molecule has 1 fully saturated rings. The van der Waals surface area contributed by atoms with Crippen LogP contribution in [-0.4, -0.2) is 36.1 Å². The number of aryl methyl sites for hydroxylation is 1. The second-order valence-electron chi connectivity index (χ2n) is 5.00. The van der Waals surface area contributed by atoms with Crippen LogP contribution in [0.5, 0.6) is 0 Å². The van der Waals surface area contributed by atoms with E-state index in [9.17, 15) is 10.1 Å². The van der Waals surface area contributed by atoms with Gasteiger partial charge in [0.15, 0.2) is 0 Å². The summed E-state index contributed by atoms with van der Waals surface area (Å²) in [7, 11) is 1.91. The minimum atomic E-state index is -0.330. The van der Waals surface area contributed by atoms with E-state index in [-0.39, 0.29) is 10.6 Å². The van der Waals surface area contributed by atoms with Gasteiger partial charge in [-0.1, -0.05) is 0 Å². The molecule has 2 heterocycles. The van der Waals surface area contributed by atoms with Crippen LogP contribution in [0, 0.1) is 17.0 Å². The molecule has 1 unspecified atom stereocenters. The molecular weight excluding hydrogens is 244 g/mol. The Labute approximate surface area is 113 Å². The van der Waals surface area contributed by atoms with Gasteiger partial charge in [-0.15, -0.1) is 0 Å². The first-order valence-corrected chi connectivity index (χ1v) is 6.65. The van der Waals surface area contributed by atoms with E-state index in [4.69, 9.17) is 0 Å². The summed E-state index contributed by atoms with van der Waals surface area (Å²) >= 11 is 0. The van der Waals surface area contributed by atoms with Crippen molar-refractivity contribution in [1.82, 2.24) is 10.3 Å². The maximum absolute atomic E-state index is 11.2. The largest absolute Gasteiger partial charge is 0.351 e. The number of aromatic nitrogens is 1. The normalized spacial score (nSPS) is 19.8. The molecule has 19 heavy (non-hydrogen) atoms. The summed E-state index contributed by atoms with van der Waals surface area (Å²) in [6, 6.07) is 1.99. The molecule has 2 rings (SSSR count). The van der Waals surface area contributed by atoms with Crippen molar-refractivity contribution in [1.29, 1.82) is 0 Å². The molecule has 6 nitrogen and oxygen atoms in total. The molecule has 0 bridgehead atoms. The van der Waals surface area contributed by atoms with Crippen LogP contribution in [0.4, 0.5) is 11.5 Å². The molecule has 1 aromatic heterocycles. The predicted octanol–water partition coefficient (Wildman–Crippen LogP) is 1.88. The van der Waals surface area contributed by atoms with Gasteiger partial charge in [0.2, 0.25) is 5.82 Å². The molecule has 1 aliphatic rings. The Balaban J connectivity index is 2.29. The first-order chi connectivity index (χ1) is 9.11. The third-order valence-electron chi connectivity index (χ3n) is 3.72. The molecule has 0 amide bonds. The zero-order valence-electron chi connectivity index (χ0n) is 11.4. The van der Waals surface area contributed by atoms with Crippen molar-refractivity contribution in [3.05, 3.63) is 27.9 Å². The van der Waals surface area contributed by atoms with Crippen LogP contribution in [0.15, 0.2) is 12.3 Å². The quantitative estimate of drug-likeness (QED) is 0.666. The molecule has 0 saturated carbocycles. The Morgan fingerprint density at radius 2 is 2.26 bits per heavy atom. The molecule has 0 spiro atoms.